The van der Waals surface area contributed by atoms with Crippen molar-refractivity contribution >= 4 is 45.6 Å². The van der Waals surface area contributed by atoms with Gasteiger partial charge in [0.05, 0.1) is 59.5 Å². The van der Waals surface area contributed by atoms with Crippen molar-refractivity contribution in [2.24, 2.45) is 0 Å². The largest absolute Gasteiger partial charge is 0.480 e. The second-order valence-corrected chi connectivity index (χ2v) is 10.6. The fourth-order valence-electron chi connectivity index (χ4n) is 3.33. The summed E-state index contributed by atoms with van der Waals surface area (Å²) in [5.41, 5.74) is 0. The molecule has 1 atom stereocenters. The van der Waals surface area contributed by atoms with Crippen LogP contribution in [0.2, 0.25) is 0 Å². The predicted octanol–water partition coefficient (Wildman–Crippen LogP) is -3.54. The number of carbonyl (C=O) groups is 6. The summed E-state index contributed by atoms with van der Waals surface area (Å²) in [6.07, 6.45) is 2.11. The first-order valence-electron chi connectivity index (χ1n) is 13.8. The van der Waals surface area contributed by atoms with Crippen LogP contribution < -0.4 is 16.0 Å². The molecule has 1 aliphatic heterocycles. The second-order valence-electron chi connectivity index (χ2n) is 9.07. The van der Waals surface area contributed by atoms with Crippen molar-refractivity contribution in [3.63, 3.8) is 0 Å². The van der Waals surface area contributed by atoms with Crippen molar-refractivity contribution in [3.05, 3.63) is 12.2 Å². The summed E-state index contributed by atoms with van der Waals surface area (Å²) in [5, 5.41) is 15.6. The molecule has 5 N–H and O–H groups in total. The number of imide groups is 1. The van der Waals surface area contributed by atoms with Crippen LogP contribution in [-0.4, -0.2) is 156 Å². The summed E-state index contributed by atoms with van der Waals surface area (Å²) < 4.78 is 57.5. The minimum absolute atomic E-state index is 0.000508. The average Bonchev–Trinajstić information content (AvgIpc) is 3.28. The normalized spacial score (nSPS) is 13.6. The van der Waals surface area contributed by atoms with Crippen molar-refractivity contribution in [3.8, 4) is 0 Å². The Hall–Kier alpha value is -3.53. The van der Waals surface area contributed by atoms with E-state index in [2.05, 4.69) is 16.0 Å². The smallest absolute Gasteiger partial charge is 0.329 e. The molecule has 0 aromatic heterocycles. The molecule has 0 radical (unpaired) electrons. The number of hydrogen-bond donors (Lipinski definition) is 5. The monoisotopic (exact) mass is 668 g/mol. The van der Waals surface area contributed by atoms with Crippen LogP contribution >= 0.6 is 0 Å². The van der Waals surface area contributed by atoms with Gasteiger partial charge in [0.1, 0.15) is 18.4 Å². The molecule has 0 fully saturated rings. The Kier molecular flexibility index (Phi) is 20.1. The first-order chi connectivity index (χ1) is 21.4. The molecular weight excluding hydrogens is 628 g/mol. The minimum Gasteiger partial charge on any atom is -0.480 e. The number of nitrogens with one attached hydrogen (secondary N) is 3. The Bertz CT molecular complexity index is 1100. The fraction of sp³-hybridized carbons (Fsp3) is 0.680. The Labute approximate surface area is 259 Å². The summed E-state index contributed by atoms with van der Waals surface area (Å²) in [6, 6.07) is -1.59. The van der Waals surface area contributed by atoms with Crippen molar-refractivity contribution in [2.75, 3.05) is 91.5 Å². The predicted molar refractivity (Wildman–Crippen MR) is 151 cm³/mol. The third-order valence-electron chi connectivity index (χ3n) is 5.42. The quantitative estimate of drug-likeness (QED) is 0.0323. The number of carboxylic acids is 1. The lowest BCUT2D eigenvalue weighted by molar-refractivity contribution is -0.142. The van der Waals surface area contributed by atoms with Gasteiger partial charge in [-0.15, -0.1) is 0 Å². The fourth-order valence-corrected chi connectivity index (χ4v) is 3.99. The third-order valence-corrected chi connectivity index (χ3v) is 6.18. The number of carbonyl (C=O) groups excluding carboxylic acids is 5. The Morgan fingerprint density at radius 2 is 1.24 bits per heavy atom. The molecule has 0 bridgehead atoms. The van der Waals surface area contributed by atoms with Crippen LogP contribution in [-0.2, 0) is 62.6 Å². The van der Waals surface area contributed by atoms with E-state index in [0.717, 1.165) is 17.1 Å². The number of rotatable bonds is 27. The van der Waals surface area contributed by atoms with Gasteiger partial charge in [0.2, 0.25) is 17.7 Å². The highest BCUT2D eigenvalue weighted by Gasteiger charge is 2.26. The van der Waals surface area contributed by atoms with Gasteiger partial charge < -0.3 is 44.7 Å². The molecule has 20 heteroatoms. The van der Waals surface area contributed by atoms with Gasteiger partial charge in [-0.2, -0.15) is 8.42 Å². The van der Waals surface area contributed by atoms with E-state index < -0.39 is 58.1 Å². The molecule has 1 rings (SSSR count). The van der Waals surface area contributed by atoms with Crippen molar-refractivity contribution in [2.45, 2.75) is 18.9 Å². The van der Waals surface area contributed by atoms with Crippen LogP contribution in [0, 0.1) is 0 Å². The third kappa shape index (κ3) is 20.9. The lowest BCUT2D eigenvalue weighted by Crippen LogP contribution is -2.51. The molecule has 0 aromatic rings. The van der Waals surface area contributed by atoms with Gasteiger partial charge in [0.15, 0.2) is 0 Å². The van der Waals surface area contributed by atoms with E-state index in [1.165, 1.54) is 0 Å². The summed E-state index contributed by atoms with van der Waals surface area (Å²) in [7, 11) is -4.60. The van der Waals surface area contributed by atoms with Gasteiger partial charge in [-0.1, -0.05) is 0 Å². The molecule has 0 aromatic carbocycles. The molecule has 19 nitrogen and oxygen atoms in total. The van der Waals surface area contributed by atoms with E-state index in [-0.39, 0.29) is 91.2 Å². The second kappa shape index (κ2) is 22.9. The van der Waals surface area contributed by atoms with Gasteiger partial charge in [0.25, 0.3) is 21.9 Å². The molecular formula is C25H40N4O15S. The van der Waals surface area contributed by atoms with E-state index >= 15 is 0 Å². The summed E-state index contributed by atoms with van der Waals surface area (Å²) in [4.78, 5) is 70.3. The van der Waals surface area contributed by atoms with E-state index in [1.54, 1.807) is 0 Å². The average molecular weight is 669 g/mol. The number of nitrogens with zero attached hydrogens (tertiary/aromatic N) is 1. The van der Waals surface area contributed by atoms with Crippen molar-refractivity contribution in [1.82, 2.24) is 20.9 Å². The van der Waals surface area contributed by atoms with Crippen LogP contribution in [0.3, 0.4) is 0 Å². The Balaban J connectivity index is 1.99. The molecule has 5 amide bonds. The van der Waals surface area contributed by atoms with E-state index in [4.69, 9.17) is 33.3 Å². The van der Waals surface area contributed by atoms with Crippen LogP contribution in [0.1, 0.15) is 12.8 Å². The maximum absolute atomic E-state index is 12.2. The Morgan fingerprint density at radius 3 is 1.80 bits per heavy atom. The molecule has 0 aliphatic carbocycles. The highest BCUT2D eigenvalue weighted by molar-refractivity contribution is 7.85. The van der Waals surface area contributed by atoms with Crippen LogP contribution in [0.5, 0.6) is 0 Å². The summed E-state index contributed by atoms with van der Waals surface area (Å²) in [5.74, 6) is -5.06. The highest BCUT2D eigenvalue weighted by Crippen LogP contribution is 2.04. The van der Waals surface area contributed by atoms with Gasteiger partial charge >= 0.3 is 5.97 Å². The molecule has 1 unspecified atom stereocenters. The molecule has 0 saturated heterocycles. The molecule has 256 valence electrons. The number of ether oxygens (including phenoxy) is 5. The topological polar surface area (TPSA) is 262 Å². The summed E-state index contributed by atoms with van der Waals surface area (Å²) >= 11 is 0. The number of aliphatic carboxylic acids is 1. The number of amides is 5. The maximum Gasteiger partial charge on any atom is 0.329 e. The van der Waals surface area contributed by atoms with Gasteiger partial charge in [-0.25, -0.2) is 4.79 Å². The summed E-state index contributed by atoms with van der Waals surface area (Å²) in [6.45, 7) is 1.07. The van der Waals surface area contributed by atoms with Crippen LogP contribution in [0.25, 0.3) is 0 Å². The number of carboxylic acid groups (broad SMARTS) is 1. The van der Waals surface area contributed by atoms with Gasteiger partial charge in [-0.05, 0) is 0 Å². The van der Waals surface area contributed by atoms with Gasteiger partial charge in [-0.3, -0.25) is 33.4 Å². The van der Waals surface area contributed by atoms with E-state index in [1.807, 2.05) is 0 Å². The molecule has 0 spiro atoms. The highest BCUT2D eigenvalue weighted by atomic mass is 32.2. The molecule has 45 heavy (non-hydrogen) atoms. The standard InChI is InChI=1S/C25H40N4O15S/c30-20(3-7-29-22(32)1-2-23(29)33)26-5-9-41-12-14-43-16-15-42-13-11-40-8-4-21(31)28-19(18-45(37,38)39)25(36)27-6-10-44-17-24(34)35/h1-2,19H,3-18H2,(H,26,30)(H,27,36)(H,28,31)(H,34,35)(H,37,38,39). The van der Waals surface area contributed by atoms with E-state index in [0.29, 0.717) is 6.61 Å². The zero-order chi connectivity index (χ0) is 33.5. The SMILES string of the molecule is O=C(O)COCCNC(=O)C(CS(=O)(=O)O)NC(=O)CCOCCOCCOCCOCCNC(=O)CCN1C(=O)C=CC1=O. The first kappa shape index (κ1) is 39.5. The van der Waals surface area contributed by atoms with Crippen LogP contribution in [0.15, 0.2) is 12.2 Å². The van der Waals surface area contributed by atoms with E-state index in [9.17, 15) is 37.2 Å². The Morgan fingerprint density at radius 1 is 0.733 bits per heavy atom. The van der Waals surface area contributed by atoms with Crippen molar-refractivity contribution in [1.29, 1.82) is 0 Å². The lowest BCUT2D eigenvalue weighted by Gasteiger charge is -2.17. The zero-order valence-corrected chi connectivity index (χ0v) is 25.4. The number of hydrogen-bond acceptors (Lipinski definition) is 13. The van der Waals surface area contributed by atoms with Crippen molar-refractivity contribution < 1.29 is 70.5 Å². The lowest BCUT2D eigenvalue weighted by atomic mass is 10.3. The zero-order valence-electron chi connectivity index (χ0n) is 24.6. The first-order valence-corrected chi connectivity index (χ1v) is 15.4. The molecule has 1 aliphatic rings. The van der Waals surface area contributed by atoms with Crippen LogP contribution in [0.4, 0.5) is 0 Å². The van der Waals surface area contributed by atoms with Gasteiger partial charge in [0, 0.05) is 44.6 Å². The molecule has 0 saturated carbocycles. The minimum atomic E-state index is -4.60. The maximum atomic E-state index is 12.2. The molecule has 1 heterocycles.